The maximum atomic E-state index is 11.6. The quantitative estimate of drug-likeness (QED) is 0.438. The molecule has 2 N–H and O–H groups in total. The van der Waals surface area contributed by atoms with E-state index in [0.717, 1.165) is 0 Å². The molecule has 0 aromatic heterocycles. The largest absolute Gasteiger partial charge is 0.374 e. The number of allylic oxidation sites excluding steroid dienone is 4. The number of nitrogens with zero attached hydrogens (tertiary/aromatic N) is 1. The Morgan fingerprint density at radius 2 is 2.33 bits per heavy atom. The SMILES string of the molecule is C=C/C=C(\C=C(/C)C#N)NC1CCC(=O)NC1=O. The number of carbonyl (C=O) groups excluding carboxylic acids is 2. The molecule has 0 saturated carbocycles. The van der Waals surface area contributed by atoms with Gasteiger partial charge in [-0.2, -0.15) is 5.26 Å². The highest BCUT2D eigenvalue weighted by Gasteiger charge is 2.26. The molecule has 5 nitrogen and oxygen atoms in total. The van der Waals surface area contributed by atoms with Crippen molar-refractivity contribution in [2.24, 2.45) is 0 Å². The molecule has 94 valence electrons. The fourth-order valence-electron chi connectivity index (χ4n) is 1.56. The standard InChI is InChI=1S/C13H15N3O2/c1-3-4-10(7-9(2)8-14)15-11-5-6-12(17)16-13(11)18/h3-4,7,11,15H,1,5-6H2,2H3,(H,16,17,18)/b9-7+,10-4+. The molecule has 1 saturated heterocycles. The Labute approximate surface area is 106 Å². The molecule has 0 bridgehead atoms. The molecule has 1 heterocycles. The van der Waals surface area contributed by atoms with Gasteiger partial charge in [-0.3, -0.25) is 14.9 Å². The Balaban J connectivity index is 2.77. The highest BCUT2D eigenvalue weighted by molar-refractivity contribution is 6.00. The van der Waals surface area contributed by atoms with E-state index in [1.54, 1.807) is 25.2 Å². The first-order valence-corrected chi connectivity index (χ1v) is 5.58. The van der Waals surface area contributed by atoms with Crippen LogP contribution in [0.5, 0.6) is 0 Å². The second kappa shape index (κ2) is 6.40. The summed E-state index contributed by atoms with van der Waals surface area (Å²) in [5, 5.41) is 14.0. The van der Waals surface area contributed by atoms with E-state index in [9.17, 15) is 9.59 Å². The average molecular weight is 245 g/mol. The number of hydrogen-bond donors (Lipinski definition) is 2. The maximum absolute atomic E-state index is 11.6. The van der Waals surface area contributed by atoms with Gasteiger partial charge >= 0.3 is 0 Å². The van der Waals surface area contributed by atoms with Crippen molar-refractivity contribution in [2.45, 2.75) is 25.8 Å². The van der Waals surface area contributed by atoms with Crippen LogP contribution in [0.3, 0.4) is 0 Å². The number of nitrogens with one attached hydrogen (secondary N) is 2. The third-order valence-corrected chi connectivity index (χ3v) is 2.43. The summed E-state index contributed by atoms with van der Waals surface area (Å²) in [4.78, 5) is 22.6. The number of piperidine rings is 1. The van der Waals surface area contributed by atoms with Crippen LogP contribution in [-0.4, -0.2) is 17.9 Å². The number of imide groups is 1. The lowest BCUT2D eigenvalue weighted by atomic mass is 10.1. The van der Waals surface area contributed by atoms with Gasteiger partial charge in [0, 0.05) is 17.7 Å². The molecule has 1 unspecified atom stereocenters. The predicted octanol–water partition coefficient (Wildman–Crippen LogP) is 0.921. The minimum Gasteiger partial charge on any atom is -0.374 e. The van der Waals surface area contributed by atoms with Crippen LogP contribution < -0.4 is 10.6 Å². The number of carbonyl (C=O) groups is 2. The van der Waals surface area contributed by atoms with Crippen molar-refractivity contribution in [3.63, 3.8) is 0 Å². The topological polar surface area (TPSA) is 82.0 Å². The maximum Gasteiger partial charge on any atom is 0.249 e. The zero-order valence-corrected chi connectivity index (χ0v) is 10.2. The smallest absolute Gasteiger partial charge is 0.249 e. The minimum atomic E-state index is -0.461. The molecule has 0 aromatic rings. The highest BCUT2D eigenvalue weighted by Crippen LogP contribution is 2.08. The van der Waals surface area contributed by atoms with Gasteiger partial charge in [0.25, 0.3) is 0 Å². The molecular formula is C13H15N3O2. The fraction of sp³-hybridized carbons (Fsp3) is 0.308. The van der Waals surface area contributed by atoms with Gasteiger partial charge in [0.1, 0.15) is 6.04 Å². The first kappa shape index (κ1) is 13.7. The molecule has 1 fully saturated rings. The summed E-state index contributed by atoms with van der Waals surface area (Å²) in [7, 11) is 0. The van der Waals surface area contributed by atoms with E-state index in [4.69, 9.17) is 5.26 Å². The average Bonchev–Trinajstić information content (AvgIpc) is 2.32. The van der Waals surface area contributed by atoms with Crippen LogP contribution in [-0.2, 0) is 9.59 Å². The molecule has 0 aromatic carbocycles. The van der Waals surface area contributed by atoms with Gasteiger partial charge in [0.15, 0.2) is 0 Å². The van der Waals surface area contributed by atoms with Crippen LogP contribution in [0.25, 0.3) is 0 Å². The Morgan fingerprint density at radius 1 is 1.61 bits per heavy atom. The lowest BCUT2D eigenvalue weighted by Crippen LogP contribution is -2.50. The van der Waals surface area contributed by atoms with Crippen LogP contribution in [0.1, 0.15) is 19.8 Å². The molecule has 1 rings (SSSR count). The Kier molecular flexibility index (Phi) is 4.88. The number of amides is 2. The van der Waals surface area contributed by atoms with Crippen LogP contribution in [0.15, 0.2) is 36.1 Å². The van der Waals surface area contributed by atoms with Gasteiger partial charge in [-0.25, -0.2) is 0 Å². The van der Waals surface area contributed by atoms with Gasteiger partial charge in [-0.15, -0.1) is 0 Å². The molecule has 2 amide bonds. The molecule has 0 radical (unpaired) electrons. The fourth-order valence-corrected chi connectivity index (χ4v) is 1.56. The molecule has 0 spiro atoms. The molecule has 1 aliphatic heterocycles. The Hall–Kier alpha value is -2.35. The van der Waals surface area contributed by atoms with Gasteiger partial charge in [0.2, 0.25) is 11.8 Å². The van der Waals surface area contributed by atoms with Gasteiger partial charge in [0.05, 0.1) is 6.07 Å². The lowest BCUT2D eigenvalue weighted by molar-refractivity contribution is -0.134. The number of nitriles is 1. The summed E-state index contributed by atoms with van der Waals surface area (Å²) < 4.78 is 0. The van der Waals surface area contributed by atoms with Crippen LogP contribution in [0.4, 0.5) is 0 Å². The molecule has 5 heteroatoms. The van der Waals surface area contributed by atoms with Gasteiger partial charge in [-0.05, 0) is 25.5 Å². The Bertz CT molecular complexity index is 469. The Morgan fingerprint density at radius 3 is 2.89 bits per heavy atom. The van der Waals surface area contributed by atoms with E-state index in [1.165, 1.54) is 0 Å². The van der Waals surface area contributed by atoms with Gasteiger partial charge < -0.3 is 5.32 Å². The van der Waals surface area contributed by atoms with E-state index in [1.807, 2.05) is 6.07 Å². The molecule has 1 aliphatic rings. The summed E-state index contributed by atoms with van der Waals surface area (Å²) in [5.74, 6) is -0.597. The number of rotatable bonds is 4. The summed E-state index contributed by atoms with van der Waals surface area (Å²) in [5.41, 5.74) is 1.14. The van der Waals surface area contributed by atoms with E-state index < -0.39 is 6.04 Å². The van der Waals surface area contributed by atoms with Crippen LogP contribution >= 0.6 is 0 Å². The van der Waals surface area contributed by atoms with E-state index in [2.05, 4.69) is 17.2 Å². The van der Waals surface area contributed by atoms with Crippen molar-refractivity contribution in [1.82, 2.24) is 10.6 Å². The second-order valence-corrected chi connectivity index (χ2v) is 3.94. The molecule has 18 heavy (non-hydrogen) atoms. The van der Waals surface area contributed by atoms with Gasteiger partial charge in [-0.1, -0.05) is 12.7 Å². The van der Waals surface area contributed by atoms with E-state index in [0.29, 0.717) is 24.1 Å². The van der Waals surface area contributed by atoms with Crippen LogP contribution in [0.2, 0.25) is 0 Å². The lowest BCUT2D eigenvalue weighted by Gasteiger charge is -2.23. The van der Waals surface area contributed by atoms with E-state index in [-0.39, 0.29) is 11.8 Å². The summed E-state index contributed by atoms with van der Waals surface area (Å²) in [6.07, 6.45) is 5.62. The number of hydrogen-bond acceptors (Lipinski definition) is 4. The molecule has 1 atom stereocenters. The van der Waals surface area contributed by atoms with Crippen molar-refractivity contribution in [3.05, 3.63) is 36.1 Å². The zero-order valence-electron chi connectivity index (χ0n) is 10.2. The normalized spacial score (nSPS) is 21.0. The summed E-state index contributed by atoms with van der Waals surface area (Å²) >= 11 is 0. The first-order valence-electron chi connectivity index (χ1n) is 5.58. The van der Waals surface area contributed by atoms with Crippen molar-refractivity contribution in [2.75, 3.05) is 0 Å². The van der Waals surface area contributed by atoms with Crippen LogP contribution in [0, 0.1) is 11.3 Å². The van der Waals surface area contributed by atoms with E-state index >= 15 is 0 Å². The summed E-state index contributed by atoms with van der Waals surface area (Å²) in [6, 6.07) is 1.54. The molecular weight excluding hydrogens is 230 g/mol. The predicted molar refractivity (Wildman–Crippen MR) is 67.0 cm³/mol. The first-order chi connectivity index (χ1) is 8.56. The summed E-state index contributed by atoms with van der Waals surface area (Å²) in [6.45, 7) is 5.24. The van der Waals surface area contributed by atoms with Crippen molar-refractivity contribution in [3.8, 4) is 6.07 Å². The third kappa shape index (κ3) is 3.91. The van der Waals surface area contributed by atoms with Crippen molar-refractivity contribution in [1.29, 1.82) is 5.26 Å². The highest BCUT2D eigenvalue weighted by atomic mass is 16.2. The third-order valence-electron chi connectivity index (χ3n) is 2.43. The second-order valence-electron chi connectivity index (χ2n) is 3.94. The van der Waals surface area contributed by atoms with Crippen molar-refractivity contribution < 1.29 is 9.59 Å². The monoisotopic (exact) mass is 245 g/mol. The minimum absolute atomic E-state index is 0.254. The van der Waals surface area contributed by atoms with Crippen molar-refractivity contribution >= 4 is 11.8 Å². The zero-order chi connectivity index (χ0) is 13.5. The molecule has 0 aliphatic carbocycles.